The van der Waals surface area contributed by atoms with Crippen molar-refractivity contribution in [3.8, 4) is 0 Å². The van der Waals surface area contributed by atoms with Crippen LogP contribution in [0.5, 0.6) is 0 Å². The standard InChI is InChI=1S/C34H50N2O4/c1-26-22-32(23-27(2)36(26)33(37)40-34(3,4)5)39-21-20-38-31-18-16-30(17-19-31)35(24-28-12-8-6-9-13-28)25-29-14-10-7-11-15-29/h6-15,26-27,30-32H,16-25H2,1-5H3/t26-,27+,30?,31?,32?. The number of carbonyl (C=O) groups is 1. The lowest BCUT2D eigenvalue weighted by atomic mass is 9.91. The molecule has 6 heteroatoms. The molecule has 3 atom stereocenters. The highest BCUT2D eigenvalue weighted by Gasteiger charge is 2.37. The first-order valence-electron chi connectivity index (χ1n) is 15.2. The molecule has 1 aliphatic heterocycles. The van der Waals surface area contributed by atoms with Crippen molar-refractivity contribution >= 4 is 6.09 Å². The molecule has 1 aliphatic carbocycles. The molecule has 1 unspecified atom stereocenters. The largest absolute Gasteiger partial charge is 0.444 e. The number of nitrogens with zero attached hydrogens (tertiary/aromatic N) is 2. The van der Waals surface area contributed by atoms with E-state index in [1.807, 2.05) is 25.7 Å². The molecule has 40 heavy (non-hydrogen) atoms. The maximum absolute atomic E-state index is 12.7. The number of hydrogen-bond acceptors (Lipinski definition) is 5. The Morgan fingerprint density at radius 3 is 1.73 bits per heavy atom. The van der Waals surface area contributed by atoms with E-state index in [0.717, 1.165) is 51.6 Å². The van der Waals surface area contributed by atoms with E-state index >= 15 is 0 Å². The highest BCUT2D eigenvalue weighted by atomic mass is 16.6. The molecule has 2 aromatic carbocycles. The molecule has 6 nitrogen and oxygen atoms in total. The molecule has 2 aromatic rings. The van der Waals surface area contributed by atoms with Crippen LogP contribution >= 0.6 is 0 Å². The van der Waals surface area contributed by atoms with E-state index in [0.29, 0.717) is 25.4 Å². The van der Waals surface area contributed by atoms with Crippen LogP contribution in [0.25, 0.3) is 0 Å². The smallest absolute Gasteiger partial charge is 0.410 e. The van der Waals surface area contributed by atoms with Crippen LogP contribution in [0.3, 0.4) is 0 Å². The van der Waals surface area contributed by atoms with Crippen LogP contribution in [-0.2, 0) is 27.3 Å². The summed E-state index contributed by atoms with van der Waals surface area (Å²) in [5.74, 6) is 0. The molecule has 0 N–H and O–H groups in total. The molecule has 1 saturated carbocycles. The zero-order valence-corrected chi connectivity index (χ0v) is 25.3. The normalized spacial score (nSPS) is 25.6. The minimum Gasteiger partial charge on any atom is -0.444 e. The molecule has 2 aliphatic rings. The van der Waals surface area contributed by atoms with Crippen LogP contribution in [0.1, 0.15) is 84.3 Å². The molecule has 220 valence electrons. The lowest BCUT2D eigenvalue weighted by Gasteiger charge is -2.42. The van der Waals surface area contributed by atoms with Crippen molar-refractivity contribution in [1.82, 2.24) is 9.80 Å². The van der Waals surface area contributed by atoms with Crippen molar-refractivity contribution in [3.63, 3.8) is 0 Å². The van der Waals surface area contributed by atoms with Gasteiger partial charge in [-0.05, 0) is 84.3 Å². The third-order valence-electron chi connectivity index (χ3n) is 8.17. The highest BCUT2D eigenvalue weighted by molar-refractivity contribution is 5.69. The number of piperidine rings is 1. The summed E-state index contributed by atoms with van der Waals surface area (Å²) in [5, 5.41) is 0. The highest BCUT2D eigenvalue weighted by Crippen LogP contribution is 2.29. The van der Waals surface area contributed by atoms with Crippen molar-refractivity contribution in [3.05, 3.63) is 71.8 Å². The Morgan fingerprint density at radius 2 is 1.25 bits per heavy atom. The van der Waals surface area contributed by atoms with Crippen molar-refractivity contribution in [2.24, 2.45) is 0 Å². The summed E-state index contributed by atoms with van der Waals surface area (Å²) in [6, 6.07) is 22.4. The third kappa shape index (κ3) is 9.32. The molecule has 0 aromatic heterocycles. The Bertz CT molecular complexity index is 964. The minimum atomic E-state index is -0.484. The number of carbonyl (C=O) groups excluding carboxylic acids is 1. The summed E-state index contributed by atoms with van der Waals surface area (Å²) >= 11 is 0. The van der Waals surface area contributed by atoms with Crippen LogP contribution in [0.15, 0.2) is 60.7 Å². The average Bonchev–Trinajstić information content (AvgIpc) is 2.91. The van der Waals surface area contributed by atoms with E-state index in [1.165, 1.54) is 11.1 Å². The maximum atomic E-state index is 12.7. The lowest BCUT2D eigenvalue weighted by Crippen LogP contribution is -2.53. The van der Waals surface area contributed by atoms with Gasteiger partial charge in [-0.3, -0.25) is 4.90 Å². The van der Waals surface area contributed by atoms with Gasteiger partial charge >= 0.3 is 6.09 Å². The van der Waals surface area contributed by atoms with Gasteiger partial charge in [-0.15, -0.1) is 0 Å². The first-order chi connectivity index (χ1) is 19.2. The van der Waals surface area contributed by atoms with Crippen LogP contribution in [0.4, 0.5) is 4.79 Å². The van der Waals surface area contributed by atoms with Gasteiger partial charge in [0.05, 0.1) is 25.4 Å². The molecule has 1 saturated heterocycles. The quantitative estimate of drug-likeness (QED) is 0.293. The van der Waals surface area contributed by atoms with Gasteiger partial charge in [0.2, 0.25) is 0 Å². The molecule has 0 radical (unpaired) electrons. The second-order valence-corrected chi connectivity index (χ2v) is 12.7. The van der Waals surface area contributed by atoms with Gasteiger partial charge in [0.15, 0.2) is 0 Å². The topological polar surface area (TPSA) is 51.2 Å². The molecule has 0 spiro atoms. The van der Waals surface area contributed by atoms with E-state index in [4.69, 9.17) is 14.2 Å². The number of benzene rings is 2. The first kappa shape index (κ1) is 30.5. The SMILES string of the molecule is C[C@@H]1CC(OCCOC2CCC(N(Cc3ccccc3)Cc3ccccc3)CC2)C[C@H](C)N1C(=O)OC(C)(C)C. The van der Waals surface area contributed by atoms with Crippen LogP contribution in [-0.4, -0.2) is 65.0 Å². The summed E-state index contributed by atoms with van der Waals surface area (Å²) in [4.78, 5) is 17.2. The molecule has 2 fully saturated rings. The zero-order valence-electron chi connectivity index (χ0n) is 25.3. The fraction of sp³-hybridized carbons (Fsp3) is 0.618. The summed E-state index contributed by atoms with van der Waals surface area (Å²) in [6.45, 7) is 13.1. The van der Waals surface area contributed by atoms with Crippen molar-refractivity contribution in [2.75, 3.05) is 13.2 Å². The number of likely N-dealkylation sites (tertiary alicyclic amines) is 1. The Morgan fingerprint density at radius 1 is 0.775 bits per heavy atom. The van der Waals surface area contributed by atoms with Gasteiger partial charge in [-0.1, -0.05) is 60.7 Å². The summed E-state index contributed by atoms with van der Waals surface area (Å²) < 4.78 is 18.1. The summed E-state index contributed by atoms with van der Waals surface area (Å²) in [7, 11) is 0. The van der Waals surface area contributed by atoms with Gasteiger partial charge in [0, 0.05) is 31.2 Å². The Kier molecular flexibility index (Phi) is 11.1. The van der Waals surface area contributed by atoms with E-state index in [-0.39, 0.29) is 24.3 Å². The van der Waals surface area contributed by atoms with Gasteiger partial charge in [-0.2, -0.15) is 0 Å². The van der Waals surface area contributed by atoms with Crippen molar-refractivity contribution in [1.29, 1.82) is 0 Å². The van der Waals surface area contributed by atoms with Crippen molar-refractivity contribution < 1.29 is 19.0 Å². The second-order valence-electron chi connectivity index (χ2n) is 12.7. The minimum absolute atomic E-state index is 0.0921. The maximum Gasteiger partial charge on any atom is 0.410 e. The van der Waals surface area contributed by atoms with Crippen LogP contribution in [0.2, 0.25) is 0 Å². The average molecular weight is 551 g/mol. The summed E-state index contributed by atoms with van der Waals surface area (Å²) in [6.07, 6.45) is 6.37. The van der Waals surface area contributed by atoms with E-state index in [9.17, 15) is 4.79 Å². The monoisotopic (exact) mass is 550 g/mol. The summed E-state index contributed by atoms with van der Waals surface area (Å²) in [5.41, 5.74) is 2.26. The predicted molar refractivity (Wildman–Crippen MR) is 160 cm³/mol. The molecule has 0 bridgehead atoms. The fourth-order valence-corrected chi connectivity index (χ4v) is 6.29. The molecule has 4 rings (SSSR count). The van der Waals surface area contributed by atoms with Crippen LogP contribution < -0.4 is 0 Å². The predicted octanol–water partition coefficient (Wildman–Crippen LogP) is 7.21. The number of hydrogen-bond donors (Lipinski definition) is 0. The number of ether oxygens (including phenoxy) is 3. The van der Waals surface area contributed by atoms with Gasteiger partial charge in [-0.25, -0.2) is 4.79 Å². The third-order valence-corrected chi connectivity index (χ3v) is 8.17. The number of rotatable bonds is 10. The lowest BCUT2D eigenvalue weighted by molar-refractivity contribution is -0.0713. The van der Waals surface area contributed by atoms with Gasteiger partial charge in [0.1, 0.15) is 5.60 Å². The van der Waals surface area contributed by atoms with Crippen LogP contribution in [0, 0.1) is 0 Å². The number of amides is 1. The second kappa shape index (κ2) is 14.5. The Hall–Kier alpha value is -2.41. The molecule has 1 heterocycles. The first-order valence-corrected chi connectivity index (χ1v) is 15.2. The van der Waals surface area contributed by atoms with E-state index < -0.39 is 5.60 Å². The Labute approximate surface area is 242 Å². The molecule has 1 amide bonds. The molecular formula is C34H50N2O4. The van der Waals surface area contributed by atoms with Gasteiger partial charge < -0.3 is 19.1 Å². The van der Waals surface area contributed by atoms with E-state index in [1.54, 1.807) is 0 Å². The van der Waals surface area contributed by atoms with Crippen molar-refractivity contribution in [2.45, 2.75) is 122 Å². The molecular weight excluding hydrogens is 500 g/mol. The van der Waals surface area contributed by atoms with Gasteiger partial charge in [0.25, 0.3) is 0 Å². The Balaban J connectivity index is 1.18. The zero-order chi connectivity index (χ0) is 28.5. The fourth-order valence-electron chi connectivity index (χ4n) is 6.29. The van der Waals surface area contributed by atoms with E-state index in [2.05, 4.69) is 79.4 Å².